The Bertz CT molecular complexity index is 651. The average molecular weight is 418 g/mol. The third-order valence-electron chi connectivity index (χ3n) is 4.36. The number of nitrogens with one attached hydrogen (secondary N) is 2. The van der Waals surface area contributed by atoms with Gasteiger partial charge in [0.05, 0.1) is 12.1 Å². The van der Waals surface area contributed by atoms with E-state index in [2.05, 4.69) is 26.6 Å². The number of halogens is 4. The van der Waals surface area contributed by atoms with Gasteiger partial charge in [-0.2, -0.15) is 18.4 Å². The van der Waals surface area contributed by atoms with Crippen molar-refractivity contribution in [3.8, 4) is 6.07 Å². The Morgan fingerprint density at radius 3 is 2.44 bits per heavy atom. The summed E-state index contributed by atoms with van der Waals surface area (Å²) in [5.74, 6) is -0.582. The predicted octanol–water partition coefficient (Wildman–Crippen LogP) is 3.84. The van der Waals surface area contributed by atoms with E-state index in [-0.39, 0.29) is 17.5 Å². The topological polar surface area (TPSA) is 64.9 Å². The molecule has 2 atom stereocenters. The summed E-state index contributed by atoms with van der Waals surface area (Å²) in [7, 11) is 0. The Morgan fingerprint density at radius 2 is 1.96 bits per heavy atom. The number of alkyl halides is 3. The molecule has 0 unspecified atom stereocenters. The first kappa shape index (κ1) is 19.7. The molecular formula is C17H19BrF3N3O. The molecule has 1 fully saturated rings. The highest BCUT2D eigenvalue weighted by Gasteiger charge is 2.46. The largest absolute Gasteiger partial charge is 0.407 e. The van der Waals surface area contributed by atoms with E-state index in [9.17, 15) is 18.0 Å². The van der Waals surface area contributed by atoms with E-state index in [0.29, 0.717) is 10.9 Å². The van der Waals surface area contributed by atoms with E-state index in [1.807, 2.05) is 6.92 Å². The van der Waals surface area contributed by atoms with Crippen LogP contribution in [0.25, 0.3) is 0 Å². The lowest BCUT2D eigenvalue weighted by Crippen LogP contribution is -2.49. The first-order valence-corrected chi connectivity index (χ1v) is 8.67. The summed E-state index contributed by atoms with van der Waals surface area (Å²) in [6.07, 6.45) is -2.49. The van der Waals surface area contributed by atoms with Gasteiger partial charge >= 0.3 is 6.18 Å². The second-order valence-corrected chi connectivity index (χ2v) is 7.55. The molecule has 0 bridgehead atoms. The van der Waals surface area contributed by atoms with Crippen molar-refractivity contribution in [3.05, 3.63) is 34.3 Å². The van der Waals surface area contributed by atoms with Crippen molar-refractivity contribution in [2.75, 3.05) is 6.54 Å². The molecule has 0 radical (unpaired) electrons. The summed E-state index contributed by atoms with van der Waals surface area (Å²) < 4.78 is 41.4. The number of hydrogen-bond acceptors (Lipinski definition) is 3. The maximum atomic E-state index is 13.6. The molecule has 1 saturated carbocycles. The van der Waals surface area contributed by atoms with E-state index < -0.39 is 24.2 Å². The average Bonchev–Trinajstić information content (AvgIpc) is 3.26. The number of rotatable bonds is 7. The molecule has 1 aromatic carbocycles. The molecule has 2 rings (SSSR count). The second kappa shape index (κ2) is 7.75. The number of hydrogen-bond donors (Lipinski definition) is 2. The Balaban J connectivity index is 2.22. The quantitative estimate of drug-likeness (QED) is 0.662. The lowest BCUT2D eigenvalue weighted by atomic mass is 9.96. The molecule has 136 valence electrons. The predicted molar refractivity (Wildman–Crippen MR) is 90.4 cm³/mol. The number of benzene rings is 1. The fraction of sp³-hybridized carbons (Fsp3) is 0.529. The fourth-order valence-corrected chi connectivity index (χ4v) is 2.89. The van der Waals surface area contributed by atoms with E-state index in [0.717, 1.165) is 12.8 Å². The fourth-order valence-electron chi connectivity index (χ4n) is 2.62. The number of carbonyl (C=O) groups excluding carboxylic acids is 1. The van der Waals surface area contributed by atoms with Crippen molar-refractivity contribution in [3.63, 3.8) is 0 Å². The van der Waals surface area contributed by atoms with Gasteiger partial charge in [0.25, 0.3) is 0 Å². The highest BCUT2D eigenvalue weighted by molar-refractivity contribution is 9.10. The minimum atomic E-state index is -4.55. The Labute approximate surface area is 152 Å². The third-order valence-corrected chi connectivity index (χ3v) is 4.89. The molecular weight excluding hydrogens is 399 g/mol. The number of carbonyl (C=O) groups is 1. The molecule has 0 spiro atoms. The molecule has 25 heavy (non-hydrogen) atoms. The van der Waals surface area contributed by atoms with Crippen molar-refractivity contribution < 1.29 is 18.0 Å². The van der Waals surface area contributed by atoms with E-state index in [1.165, 1.54) is 24.3 Å². The third kappa shape index (κ3) is 5.72. The standard InChI is InChI=1S/C17H19BrF3N3O/c1-16(6-7-16)10-13(15(25)23-9-8-22)24-14(17(19,20)21)11-2-4-12(18)5-3-11/h2-5,13-14,24H,6-7,9-10H2,1H3,(H,23,25)/t13-,14-/m0/s1. The zero-order valence-electron chi connectivity index (χ0n) is 13.7. The van der Waals surface area contributed by atoms with Crippen molar-refractivity contribution >= 4 is 21.8 Å². The molecule has 0 aromatic heterocycles. The van der Waals surface area contributed by atoms with Gasteiger partial charge in [-0.05, 0) is 42.4 Å². The van der Waals surface area contributed by atoms with Gasteiger partial charge in [0.15, 0.2) is 0 Å². The molecule has 1 aliphatic carbocycles. The molecule has 8 heteroatoms. The van der Waals surface area contributed by atoms with Gasteiger partial charge in [-0.1, -0.05) is 35.0 Å². The Morgan fingerprint density at radius 1 is 1.36 bits per heavy atom. The van der Waals surface area contributed by atoms with Crippen LogP contribution in [-0.2, 0) is 4.79 Å². The first-order chi connectivity index (χ1) is 11.6. The minimum Gasteiger partial charge on any atom is -0.342 e. The highest BCUT2D eigenvalue weighted by atomic mass is 79.9. The molecule has 0 heterocycles. The summed E-state index contributed by atoms with van der Waals surface area (Å²) in [6, 6.07) is 4.60. The van der Waals surface area contributed by atoms with Crippen LogP contribution in [0, 0.1) is 16.7 Å². The Kier molecular flexibility index (Phi) is 6.12. The summed E-state index contributed by atoms with van der Waals surface area (Å²) >= 11 is 3.20. The van der Waals surface area contributed by atoms with Crippen LogP contribution in [0.3, 0.4) is 0 Å². The summed E-state index contributed by atoms with van der Waals surface area (Å²) in [5, 5.41) is 13.4. The summed E-state index contributed by atoms with van der Waals surface area (Å²) in [5.41, 5.74) is -0.0907. The second-order valence-electron chi connectivity index (χ2n) is 6.64. The van der Waals surface area contributed by atoms with E-state index in [4.69, 9.17) is 5.26 Å². The van der Waals surface area contributed by atoms with Crippen molar-refractivity contribution in [1.29, 1.82) is 5.26 Å². The van der Waals surface area contributed by atoms with Gasteiger partial charge in [0, 0.05) is 4.47 Å². The van der Waals surface area contributed by atoms with Crippen LogP contribution < -0.4 is 10.6 Å². The molecule has 1 amide bonds. The SMILES string of the molecule is CC1(C[C@H](N[C@@H](c2ccc(Br)cc2)C(F)(F)F)C(=O)NCC#N)CC1. The van der Waals surface area contributed by atoms with Gasteiger partial charge in [0.2, 0.25) is 5.91 Å². The Hall–Kier alpha value is -1.59. The lowest BCUT2D eigenvalue weighted by molar-refractivity contribution is -0.161. The van der Waals surface area contributed by atoms with E-state index >= 15 is 0 Å². The van der Waals surface area contributed by atoms with Crippen LogP contribution in [0.5, 0.6) is 0 Å². The van der Waals surface area contributed by atoms with Gasteiger partial charge in [-0.25, -0.2) is 0 Å². The van der Waals surface area contributed by atoms with Crippen LogP contribution in [0.2, 0.25) is 0 Å². The number of nitriles is 1. The van der Waals surface area contributed by atoms with Crippen LogP contribution in [0.4, 0.5) is 13.2 Å². The van der Waals surface area contributed by atoms with Gasteiger partial charge in [0.1, 0.15) is 12.6 Å². The van der Waals surface area contributed by atoms with Crippen LogP contribution in [0.15, 0.2) is 28.7 Å². The van der Waals surface area contributed by atoms with Crippen molar-refractivity contribution in [2.45, 2.75) is 44.4 Å². The number of nitrogens with zero attached hydrogens (tertiary/aromatic N) is 1. The molecule has 1 aliphatic rings. The van der Waals surface area contributed by atoms with Gasteiger partial charge in [-0.3, -0.25) is 10.1 Å². The molecule has 0 aliphatic heterocycles. The minimum absolute atomic E-state index is 0.0368. The maximum absolute atomic E-state index is 13.6. The molecule has 2 N–H and O–H groups in total. The zero-order valence-corrected chi connectivity index (χ0v) is 15.2. The highest BCUT2D eigenvalue weighted by Crippen LogP contribution is 2.49. The smallest absolute Gasteiger partial charge is 0.342 e. The normalized spacial score (nSPS) is 18.1. The summed E-state index contributed by atoms with van der Waals surface area (Å²) in [4.78, 5) is 12.3. The van der Waals surface area contributed by atoms with Crippen molar-refractivity contribution in [1.82, 2.24) is 10.6 Å². The van der Waals surface area contributed by atoms with Crippen molar-refractivity contribution in [2.24, 2.45) is 5.41 Å². The van der Waals surface area contributed by atoms with Gasteiger partial charge < -0.3 is 5.32 Å². The lowest BCUT2D eigenvalue weighted by Gasteiger charge is -2.28. The van der Waals surface area contributed by atoms with Crippen LogP contribution in [0.1, 0.15) is 37.8 Å². The van der Waals surface area contributed by atoms with Crippen LogP contribution >= 0.6 is 15.9 Å². The molecule has 4 nitrogen and oxygen atoms in total. The molecule has 0 saturated heterocycles. The molecule has 1 aromatic rings. The van der Waals surface area contributed by atoms with Crippen LogP contribution in [-0.4, -0.2) is 24.7 Å². The van der Waals surface area contributed by atoms with Gasteiger partial charge in [-0.15, -0.1) is 0 Å². The number of amides is 1. The monoisotopic (exact) mass is 417 g/mol. The first-order valence-electron chi connectivity index (χ1n) is 7.87. The maximum Gasteiger partial charge on any atom is 0.407 e. The zero-order chi connectivity index (χ0) is 18.7. The van der Waals surface area contributed by atoms with E-state index in [1.54, 1.807) is 6.07 Å². The summed E-state index contributed by atoms with van der Waals surface area (Å²) in [6.45, 7) is 1.71.